The summed E-state index contributed by atoms with van der Waals surface area (Å²) in [5.41, 5.74) is 7.48. The summed E-state index contributed by atoms with van der Waals surface area (Å²) in [6.45, 7) is 17.4. The summed E-state index contributed by atoms with van der Waals surface area (Å²) in [5, 5.41) is 0. The van der Waals surface area contributed by atoms with E-state index in [0.29, 0.717) is 0 Å². The predicted octanol–water partition coefficient (Wildman–Crippen LogP) is 5.11. The third-order valence-electron chi connectivity index (χ3n) is 5.21. The van der Waals surface area contributed by atoms with Crippen LogP contribution in [-0.2, 0) is 4.74 Å². The normalized spacial score (nSPS) is 35.2. The minimum Gasteiger partial charge on any atom is -0.352 e. The van der Waals surface area contributed by atoms with Crippen LogP contribution >= 0.6 is 0 Å². The maximum atomic E-state index is 6.58. The summed E-state index contributed by atoms with van der Waals surface area (Å²) in [4.78, 5) is 0. The fourth-order valence-electron chi connectivity index (χ4n) is 3.25. The molecule has 0 fully saturated rings. The van der Waals surface area contributed by atoms with Crippen molar-refractivity contribution < 1.29 is 4.74 Å². The molecule has 2 atom stereocenters. The van der Waals surface area contributed by atoms with Crippen LogP contribution in [0.3, 0.4) is 0 Å². The summed E-state index contributed by atoms with van der Waals surface area (Å²) >= 11 is 0. The van der Waals surface area contributed by atoms with Crippen molar-refractivity contribution in [2.75, 3.05) is 0 Å². The van der Waals surface area contributed by atoms with Crippen LogP contribution in [0.2, 0.25) is 0 Å². The van der Waals surface area contributed by atoms with E-state index >= 15 is 0 Å². The molecule has 0 spiro atoms. The zero-order valence-electron chi connectivity index (χ0n) is 13.6. The summed E-state index contributed by atoms with van der Waals surface area (Å²) in [6.07, 6.45) is 4.51. The van der Waals surface area contributed by atoms with E-state index in [0.717, 1.165) is 0 Å². The molecule has 0 N–H and O–H groups in total. The molecule has 0 bridgehead atoms. The van der Waals surface area contributed by atoms with Gasteiger partial charge in [0.2, 0.25) is 0 Å². The fourth-order valence-corrected chi connectivity index (χ4v) is 3.25. The van der Waals surface area contributed by atoms with E-state index in [4.69, 9.17) is 4.74 Å². The van der Waals surface area contributed by atoms with Crippen molar-refractivity contribution in [1.82, 2.24) is 0 Å². The van der Waals surface area contributed by atoms with E-state index in [1.165, 1.54) is 33.4 Å². The second-order valence-corrected chi connectivity index (χ2v) is 6.47. The predicted molar refractivity (Wildman–Crippen MR) is 82.2 cm³/mol. The summed E-state index contributed by atoms with van der Waals surface area (Å²) < 4.78 is 6.58. The van der Waals surface area contributed by atoms with Crippen LogP contribution in [0.25, 0.3) is 0 Å². The number of ether oxygens (including phenoxy) is 1. The Labute approximate surface area is 117 Å². The molecule has 0 aromatic heterocycles. The molecule has 0 aliphatic heterocycles. The van der Waals surface area contributed by atoms with E-state index < -0.39 is 0 Å². The Morgan fingerprint density at radius 2 is 1.00 bits per heavy atom. The molecular weight excluding hydrogens is 232 g/mol. The highest BCUT2D eigenvalue weighted by molar-refractivity contribution is 5.50. The van der Waals surface area contributed by atoms with Crippen LogP contribution in [0.5, 0.6) is 0 Å². The smallest absolute Gasteiger partial charge is 0.107 e. The zero-order chi connectivity index (χ0) is 14.6. The van der Waals surface area contributed by atoms with E-state index in [1.807, 2.05) is 0 Å². The van der Waals surface area contributed by atoms with Crippen molar-refractivity contribution in [2.45, 2.75) is 66.6 Å². The maximum Gasteiger partial charge on any atom is 0.107 e. The van der Waals surface area contributed by atoms with Gasteiger partial charge in [-0.1, -0.05) is 0 Å². The number of allylic oxidation sites excluding steroid dienone is 4. The first-order valence-electron chi connectivity index (χ1n) is 7.06. The minimum atomic E-state index is -0.286. The Balaban J connectivity index is 2.40. The lowest BCUT2D eigenvalue weighted by atomic mass is 9.94. The van der Waals surface area contributed by atoms with Gasteiger partial charge in [0, 0.05) is 0 Å². The highest BCUT2D eigenvalue weighted by Crippen LogP contribution is 2.44. The quantitative estimate of drug-likeness (QED) is 0.668. The van der Waals surface area contributed by atoms with Crippen molar-refractivity contribution in [3.63, 3.8) is 0 Å². The second-order valence-electron chi connectivity index (χ2n) is 6.47. The number of hydrogen-bond acceptors (Lipinski definition) is 1. The van der Waals surface area contributed by atoms with Crippen molar-refractivity contribution in [3.05, 3.63) is 45.6 Å². The monoisotopic (exact) mass is 258 g/mol. The van der Waals surface area contributed by atoms with Gasteiger partial charge in [-0.2, -0.15) is 0 Å². The first-order valence-corrected chi connectivity index (χ1v) is 7.06. The molecule has 19 heavy (non-hydrogen) atoms. The van der Waals surface area contributed by atoms with Gasteiger partial charge in [0.15, 0.2) is 0 Å². The fraction of sp³-hybridized carbons (Fsp3) is 0.556. The van der Waals surface area contributed by atoms with Crippen molar-refractivity contribution >= 4 is 0 Å². The summed E-state index contributed by atoms with van der Waals surface area (Å²) in [6, 6.07) is 0. The molecule has 1 heteroatoms. The molecule has 1 nitrogen and oxygen atoms in total. The third-order valence-corrected chi connectivity index (χ3v) is 5.21. The van der Waals surface area contributed by atoms with Crippen molar-refractivity contribution in [2.24, 2.45) is 0 Å². The van der Waals surface area contributed by atoms with Crippen LogP contribution in [-0.4, -0.2) is 11.2 Å². The molecule has 2 aliphatic rings. The molecule has 2 unspecified atom stereocenters. The van der Waals surface area contributed by atoms with Gasteiger partial charge in [0.25, 0.3) is 0 Å². The van der Waals surface area contributed by atoms with Gasteiger partial charge in [0.1, 0.15) is 11.2 Å². The average Bonchev–Trinajstić information content (AvgIpc) is 2.61. The van der Waals surface area contributed by atoms with Gasteiger partial charge in [-0.05, 0) is 101 Å². The van der Waals surface area contributed by atoms with E-state index in [2.05, 4.69) is 67.5 Å². The first-order chi connectivity index (χ1) is 8.61. The maximum absolute atomic E-state index is 6.58. The molecule has 104 valence electrons. The van der Waals surface area contributed by atoms with Crippen LogP contribution in [0, 0.1) is 0 Å². The number of rotatable bonds is 2. The molecule has 0 saturated heterocycles. The first kappa shape index (κ1) is 14.3. The van der Waals surface area contributed by atoms with Gasteiger partial charge in [-0.3, -0.25) is 0 Å². The zero-order valence-corrected chi connectivity index (χ0v) is 13.6. The SMILES string of the molecule is CC1=CC(C)(OC2(C)C=C(C)C(C)=C2C)C(C)=C1C. The molecule has 0 aromatic carbocycles. The molecule has 0 heterocycles. The lowest BCUT2D eigenvalue weighted by Crippen LogP contribution is -2.39. The highest BCUT2D eigenvalue weighted by Gasteiger charge is 2.41. The largest absolute Gasteiger partial charge is 0.352 e. The Morgan fingerprint density at radius 3 is 1.21 bits per heavy atom. The molecule has 0 amide bonds. The molecular formula is C18H26O. The van der Waals surface area contributed by atoms with Gasteiger partial charge < -0.3 is 4.74 Å². The Bertz CT molecular complexity index is 506. The van der Waals surface area contributed by atoms with Gasteiger partial charge in [0.05, 0.1) is 0 Å². The van der Waals surface area contributed by atoms with Crippen molar-refractivity contribution in [1.29, 1.82) is 0 Å². The van der Waals surface area contributed by atoms with Gasteiger partial charge in [-0.15, -0.1) is 0 Å². The van der Waals surface area contributed by atoms with Crippen LogP contribution in [0.15, 0.2) is 45.6 Å². The van der Waals surface area contributed by atoms with Gasteiger partial charge in [-0.25, -0.2) is 0 Å². The van der Waals surface area contributed by atoms with E-state index in [9.17, 15) is 0 Å². The topological polar surface area (TPSA) is 9.23 Å². The highest BCUT2D eigenvalue weighted by atomic mass is 16.5. The standard InChI is InChI=1S/C18H26O/c1-11-9-17(7,15(5)13(11)3)19-18(8)10-12(2)14(4)16(18)6/h9-10H,1-8H3. The minimum absolute atomic E-state index is 0.286. The molecule has 0 radical (unpaired) electrons. The molecule has 0 saturated carbocycles. The summed E-state index contributed by atoms with van der Waals surface area (Å²) in [7, 11) is 0. The van der Waals surface area contributed by atoms with Crippen LogP contribution in [0.1, 0.15) is 55.4 Å². The van der Waals surface area contributed by atoms with E-state index in [-0.39, 0.29) is 11.2 Å². The van der Waals surface area contributed by atoms with Gasteiger partial charge >= 0.3 is 0 Å². The second kappa shape index (κ2) is 4.21. The molecule has 0 aromatic rings. The van der Waals surface area contributed by atoms with Crippen LogP contribution < -0.4 is 0 Å². The molecule has 2 rings (SSSR count). The number of hydrogen-bond donors (Lipinski definition) is 0. The Morgan fingerprint density at radius 1 is 0.684 bits per heavy atom. The Kier molecular flexibility index (Phi) is 3.17. The van der Waals surface area contributed by atoms with E-state index in [1.54, 1.807) is 0 Å². The summed E-state index contributed by atoms with van der Waals surface area (Å²) in [5.74, 6) is 0. The lowest BCUT2D eigenvalue weighted by molar-refractivity contribution is -0.0457. The Hall–Kier alpha value is -1.08. The lowest BCUT2D eigenvalue weighted by Gasteiger charge is -2.36. The van der Waals surface area contributed by atoms with Crippen molar-refractivity contribution in [3.8, 4) is 0 Å². The van der Waals surface area contributed by atoms with Crippen LogP contribution in [0.4, 0.5) is 0 Å². The third kappa shape index (κ3) is 2.04. The average molecular weight is 258 g/mol. The molecule has 2 aliphatic carbocycles.